The summed E-state index contributed by atoms with van der Waals surface area (Å²) in [5.41, 5.74) is 7.59. The van der Waals surface area contributed by atoms with Crippen molar-refractivity contribution in [1.82, 2.24) is 14.5 Å². The highest BCUT2D eigenvalue weighted by molar-refractivity contribution is 5.95. The number of fused-ring (bicyclic) bond motifs is 1. The van der Waals surface area contributed by atoms with E-state index in [0.717, 1.165) is 16.6 Å². The van der Waals surface area contributed by atoms with E-state index >= 15 is 0 Å². The number of hydrogen-bond acceptors (Lipinski definition) is 4. The number of pyridine rings is 1. The van der Waals surface area contributed by atoms with Gasteiger partial charge in [0.1, 0.15) is 5.69 Å². The Morgan fingerprint density at radius 2 is 2.05 bits per heavy atom. The van der Waals surface area contributed by atoms with Crippen LogP contribution in [0.15, 0.2) is 48.9 Å². The summed E-state index contributed by atoms with van der Waals surface area (Å²) in [4.78, 5) is 20.9. The van der Waals surface area contributed by atoms with Crippen molar-refractivity contribution >= 4 is 16.7 Å². The molecule has 0 bridgehead atoms. The quantitative estimate of drug-likeness (QED) is 0.723. The van der Waals surface area contributed by atoms with Crippen molar-refractivity contribution in [3.05, 3.63) is 60.3 Å². The van der Waals surface area contributed by atoms with E-state index in [-0.39, 0.29) is 12.2 Å². The summed E-state index contributed by atoms with van der Waals surface area (Å²) >= 11 is 0. The van der Waals surface area contributed by atoms with Gasteiger partial charge in [-0.15, -0.1) is 0 Å². The largest absolute Gasteiger partial charge is 0.335 e. The molecule has 2 heterocycles. The standard InChI is InChI=1S/C16H16N4O/c17-7-8-20-10-15(18-11-20)16(21)9-13-6-5-12-3-1-2-4-14(12)19-13/h1-6,10-11H,7-9,17H2. The molecule has 21 heavy (non-hydrogen) atoms. The van der Waals surface area contributed by atoms with Crippen molar-refractivity contribution < 1.29 is 4.79 Å². The smallest absolute Gasteiger partial charge is 0.188 e. The summed E-state index contributed by atoms with van der Waals surface area (Å²) in [6.07, 6.45) is 3.62. The van der Waals surface area contributed by atoms with E-state index in [1.54, 1.807) is 12.5 Å². The molecular formula is C16H16N4O. The number of imidazole rings is 1. The Balaban J connectivity index is 1.78. The average Bonchev–Trinajstić information content (AvgIpc) is 2.96. The van der Waals surface area contributed by atoms with Crippen molar-refractivity contribution in [2.75, 3.05) is 6.54 Å². The lowest BCUT2D eigenvalue weighted by molar-refractivity contribution is 0.0987. The molecule has 1 aromatic carbocycles. The Morgan fingerprint density at radius 3 is 2.90 bits per heavy atom. The van der Waals surface area contributed by atoms with Gasteiger partial charge in [-0.2, -0.15) is 0 Å². The molecule has 0 fully saturated rings. The Labute approximate surface area is 122 Å². The van der Waals surface area contributed by atoms with Gasteiger partial charge in [0.15, 0.2) is 5.78 Å². The number of carbonyl (C=O) groups excluding carboxylic acids is 1. The molecule has 0 atom stereocenters. The molecule has 0 saturated heterocycles. The van der Waals surface area contributed by atoms with Crippen molar-refractivity contribution in [1.29, 1.82) is 0 Å². The number of Topliss-reactive ketones (excluding diaryl/α,β-unsaturated/α-hetero) is 1. The Morgan fingerprint density at radius 1 is 1.19 bits per heavy atom. The highest BCUT2D eigenvalue weighted by Crippen LogP contribution is 2.13. The maximum absolute atomic E-state index is 12.2. The fourth-order valence-corrected chi connectivity index (χ4v) is 2.24. The van der Waals surface area contributed by atoms with Crippen molar-refractivity contribution in [2.45, 2.75) is 13.0 Å². The van der Waals surface area contributed by atoms with Gasteiger partial charge in [-0.3, -0.25) is 9.78 Å². The van der Waals surface area contributed by atoms with Crippen LogP contribution >= 0.6 is 0 Å². The Kier molecular flexibility index (Phi) is 3.75. The topological polar surface area (TPSA) is 73.8 Å². The molecule has 0 aliphatic carbocycles. The van der Waals surface area contributed by atoms with Crippen LogP contribution in [-0.2, 0) is 13.0 Å². The van der Waals surface area contributed by atoms with Gasteiger partial charge in [-0.1, -0.05) is 24.3 Å². The zero-order valence-corrected chi connectivity index (χ0v) is 11.6. The molecule has 0 unspecified atom stereocenters. The zero-order valence-electron chi connectivity index (χ0n) is 11.6. The van der Waals surface area contributed by atoms with Crippen LogP contribution in [0.5, 0.6) is 0 Å². The van der Waals surface area contributed by atoms with Crippen LogP contribution < -0.4 is 5.73 Å². The highest BCUT2D eigenvalue weighted by Gasteiger charge is 2.11. The van der Waals surface area contributed by atoms with Gasteiger partial charge in [-0.25, -0.2) is 4.98 Å². The second kappa shape index (κ2) is 5.85. The van der Waals surface area contributed by atoms with Crippen LogP contribution in [0.1, 0.15) is 16.2 Å². The molecule has 0 spiro atoms. The molecule has 2 N–H and O–H groups in total. The predicted molar refractivity (Wildman–Crippen MR) is 81.1 cm³/mol. The van der Waals surface area contributed by atoms with E-state index < -0.39 is 0 Å². The molecule has 3 rings (SSSR count). The fraction of sp³-hybridized carbons (Fsp3) is 0.188. The van der Waals surface area contributed by atoms with Crippen LogP contribution in [0, 0.1) is 0 Å². The molecular weight excluding hydrogens is 264 g/mol. The molecule has 5 nitrogen and oxygen atoms in total. The lowest BCUT2D eigenvalue weighted by Crippen LogP contribution is -2.08. The van der Waals surface area contributed by atoms with E-state index in [9.17, 15) is 4.79 Å². The summed E-state index contributed by atoms with van der Waals surface area (Å²) < 4.78 is 1.82. The maximum Gasteiger partial charge on any atom is 0.188 e. The number of rotatable bonds is 5. The Bertz CT molecular complexity index is 779. The van der Waals surface area contributed by atoms with Crippen molar-refractivity contribution in [2.24, 2.45) is 5.73 Å². The van der Waals surface area contributed by atoms with Gasteiger partial charge in [0.05, 0.1) is 18.3 Å². The second-order valence-corrected chi connectivity index (χ2v) is 4.88. The number of para-hydroxylation sites is 1. The summed E-state index contributed by atoms with van der Waals surface area (Å²) in [5, 5.41) is 1.07. The number of ketones is 1. The molecule has 3 aromatic rings. The molecule has 0 aliphatic heterocycles. The molecule has 0 saturated carbocycles. The van der Waals surface area contributed by atoms with Gasteiger partial charge in [0.25, 0.3) is 0 Å². The van der Waals surface area contributed by atoms with Crippen molar-refractivity contribution in [3.63, 3.8) is 0 Å². The number of benzene rings is 1. The molecule has 0 radical (unpaired) electrons. The molecule has 0 amide bonds. The van der Waals surface area contributed by atoms with E-state index in [1.165, 1.54) is 0 Å². The van der Waals surface area contributed by atoms with Gasteiger partial charge in [-0.05, 0) is 12.1 Å². The van der Waals surface area contributed by atoms with Gasteiger partial charge in [0.2, 0.25) is 0 Å². The van der Waals surface area contributed by atoms with Crippen molar-refractivity contribution in [3.8, 4) is 0 Å². The number of nitrogens with two attached hydrogens (primary N) is 1. The molecule has 106 valence electrons. The molecule has 2 aromatic heterocycles. The third-order valence-corrected chi connectivity index (χ3v) is 3.30. The fourth-order valence-electron chi connectivity index (χ4n) is 2.24. The first-order chi connectivity index (χ1) is 10.3. The first kappa shape index (κ1) is 13.5. The second-order valence-electron chi connectivity index (χ2n) is 4.88. The Hall–Kier alpha value is -2.53. The summed E-state index contributed by atoms with van der Waals surface area (Å²) in [5.74, 6) is -0.0337. The summed E-state index contributed by atoms with van der Waals surface area (Å²) in [6, 6.07) is 11.7. The van der Waals surface area contributed by atoms with Crippen LogP contribution in [0.4, 0.5) is 0 Å². The minimum atomic E-state index is -0.0337. The van der Waals surface area contributed by atoms with Crippen LogP contribution in [0.2, 0.25) is 0 Å². The zero-order chi connectivity index (χ0) is 14.7. The van der Waals surface area contributed by atoms with Crippen LogP contribution in [0.25, 0.3) is 10.9 Å². The minimum Gasteiger partial charge on any atom is -0.335 e. The highest BCUT2D eigenvalue weighted by atomic mass is 16.1. The van der Waals surface area contributed by atoms with E-state index in [1.807, 2.05) is 41.0 Å². The number of hydrogen-bond donors (Lipinski definition) is 1. The molecule has 0 aliphatic rings. The van der Waals surface area contributed by atoms with Gasteiger partial charge < -0.3 is 10.3 Å². The van der Waals surface area contributed by atoms with Crippen LogP contribution in [0.3, 0.4) is 0 Å². The minimum absolute atomic E-state index is 0.0337. The maximum atomic E-state index is 12.2. The number of nitrogens with zero attached hydrogens (tertiary/aromatic N) is 3. The van der Waals surface area contributed by atoms with E-state index in [0.29, 0.717) is 18.8 Å². The lowest BCUT2D eigenvalue weighted by Gasteiger charge is -2.01. The predicted octanol–water partition coefficient (Wildman–Crippen LogP) is 1.82. The number of carbonyl (C=O) groups is 1. The first-order valence-corrected chi connectivity index (χ1v) is 6.86. The summed E-state index contributed by atoms with van der Waals surface area (Å²) in [7, 11) is 0. The average molecular weight is 280 g/mol. The number of aromatic nitrogens is 3. The molecule has 5 heteroatoms. The van der Waals surface area contributed by atoms with Crippen LogP contribution in [-0.4, -0.2) is 26.9 Å². The van der Waals surface area contributed by atoms with Gasteiger partial charge >= 0.3 is 0 Å². The normalized spacial score (nSPS) is 10.9. The first-order valence-electron chi connectivity index (χ1n) is 6.86. The van der Waals surface area contributed by atoms with E-state index in [2.05, 4.69) is 9.97 Å². The van der Waals surface area contributed by atoms with Gasteiger partial charge in [0, 0.05) is 30.4 Å². The lowest BCUT2D eigenvalue weighted by atomic mass is 10.1. The third-order valence-electron chi connectivity index (χ3n) is 3.30. The third kappa shape index (κ3) is 2.98. The van der Waals surface area contributed by atoms with E-state index in [4.69, 9.17) is 5.73 Å². The summed E-state index contributed by atoms with van der Waals surface area (Å²) in [6.45, 7) is 1.19. The SMILES string of the molecule is NCCn1cnc(C(=O)Cc2ccc3ccccc3n2)c1. The monoisotopic (exact) mass is 280 g/mol.